The van der Waals surface area contributed by atoms with Crippen LogP contribution in [0.5, 0.6) is 0 Å². The van der Waals surface area contributed by atoms with Gasteiger partial charge in [0.25, 0.3) is 0 Å². The molecule has 4 aromatic rings. The third-order valence-corrected chi connectivity index (χ3v) is 5.49. The summed E-state index contributed by atoms with van der Waals surface area (Å²) in [5.74, 6) is 0.334. The second kappa shape index (κ2) is 9.67. The van der Waals surface area contributed by atoms with Crippen LogP contribution in [-0.2, 0) is 0 Å². The lowest BCUT2D eigenvalue weighted by Crippen LogP contribution is -2.23. The minimum Gasteiger partial charge on any atom is -0.340 e. The predicted octanol–water partition coefficient (Wildman–Crippen LogP) is 4.86. The Labute approximate surface area is 197 Å². The summed E-state index contributed by atoms with van der Waals surface area (Å²) in [6, 6.07) is 8.38. The molecule has 0 aliphatic heterocycles. The molecule has 1 aromatic carbocycles. The molecule has 0 bridgehead atoms. The fourth-order valence-corrected chi connectivity index (χ4v) is 3.79. The number of allylic oxidation sites excluding steroid dienone is 3. The fourth-order valence-electron chi connectivity index (χ4n) is 3.79. The van der Waals surface area contributed by atoms with Crippen molar-refractivity contribution in [1.82, 2.24) is 25.1 Å². The Morgan fingerprint density at radius 2 is 1.85 bits per heavy atom. The maximum absolute atomic E-state index is 13.5. The van der Waals surface area contributed by atoms with Crippen molar-refractivity contribution in [2.45, 2.75) is 20.8 Å². The average Bonchev–Trinajstić information content (AvgIpc) is 3.41. The summed E-state index contributed by atoms with van der Waals surface area (Å²) in [5.41, 5.74) is 6.82. The number of rotatable bonds is 6. The van der Waals surface area contributed by atoms with Crippen molar-refractivity contribution < 1.29 is 4.39 Å². The zero-order chi connectivity index (χ0) is 24.2. The highest BCUT2D eigenvalue weighted by atomic mass is 19.1. The quantitative estimate of drug-likeness (QED) is 0.411. The highest BCUT2D eigenvalue weighted by Gasteiger charge is 2.17. The van der Waals surface area contributed by atoms with Gasteiger partial charge in [0.2, 0.25) is 0 Å². The van der Waals surface area contributed by atoms with E-state index in [-0.39, 0.29) is 5.82 Å². The number of H-pyrrole nitrogens is 2. The van der Waals surface area contributed by atoms with Gasteiger partial charge in [-0.25, -0.2) is 9.37 Å². The van der Waals surface area contributed by atoms with E-state index in [9.17, 15) is 4.39 Å². The topological polar surface area (TPSA) is 70.2 Å². The minimum absolute atomic E-state index is 0.287. The lowest BCUT2D eigenvalue weighted by molar-refractivity contribution is 0.627. The smallest absolute Gasteiger partial charge is 0.159 e. The van der Waals surface area contributed by atoms with E-state index in [2.05, 4.69) is 33.3 Å². The number of benzene rings is 1. The van der Waals surface area contributed by atoms with Crippen molar-refractivity contribution in [3.8, 4) is 11.5 Å². The van der Waals surface area contributed by atoms with E-state index in [4.69, 9.17) is 4.98 Å². The standard InChI is InChI=1S/C28H26FN5/c1-6-8-23(20-9-11-22(29)12-10-20)26-19(5)31-28(32-26)27-24(25(7-2)33-34-27)14-18(4)21-13-17(3)15-30-16-21/h6-16,33H,1,4H2,2-3,5H3,(H,31,32)/b23-8-,24-14+,25-7+. The number of nitrogens with zero attached hydrogens (tertiary/aromatic N) is 3. The van der Waals surface area contributed by atoms with Crippen LogP contribution in [-0.4, -0.2) is 25.1 Å². The molecule has 0 aliphatic carbocycles. The molecule has 0 fully saturated rings. The van der Waals surface area contributed by atoms with Gasteiger partial charge in [-0.1, -0.05) is 43.5 Å². The van der Waals surface area contributed by atoms with Crippen molar-refractivity contribution in [3.63, 3.8) is 0 Å². The first-order valence-electron chi connectivity index (χ1n) is 10.9. The van der Waals surface area contributed by atoms with Crippen molar-refractivity contribution >= 4 is 23.3 Å². The van der Waals surface area contributed by atoms with Crippen LogP contribution >= 0.6 is 0 Å². The van der Waals surface area contributed by atoms with Crippen molar-refractivity contribution in [3.05, 3.63) is 112 Å². The number of halogens is 1. The number of pyridine rings is 1. The lowest BCUT2D eigenvalue weighted by atomic mass is 10.0. The number of hydrogen-bond acceptors (Lipinski definition) is 3. The molecule has 5 nitrogen and oxygen atoms in total. The molecule has 0 amide bonds. The van der Waals surface area contributed by atoms with Crippen LogP contribution in [0.3, 0.4) is 0 Å². The first-order valence-corrected chi connectivity index (χ1v) is 10.9. The second-order valence-corrected chi connectivity index (χ2v) is 7.99. The molecular weight excluding hydrogens is 425 g/mol. The largest absolute Gasteiger partial charge is 0.340 e. The van der Waals surface area contributed by atoms with Gasteiger partial charge < -0.3 is 4.98 Å². The third kappa shape index (κ3) is 4.57. The molecule has 0 saturated heterocycles. The van der Waals surface area contributed by atoms with Crippen LogP contribution in [0.2, 0.25) is 0 Å². The highest BCUT2D eigenvalue weighted by molar-refractivity contribution is 5.88. The van der Waals surface area contributed by atoms with Gasteiger partial charge in [-0.3, -0.25) is 10.1 Å². The molecule has 4 rings (SSSR count). The van der Waals surface area contributed by atoms with Gasteiger partial charge in [-0.15, -0.1) is 0 Å². The van der Waals surface area contributed by atoms with Crippen LogP contribution in [0.25, 0.3) is 34.8 Å². The zero-order valence-electron chi connectivity index (χ0n) is 19.5. The van der Waals surface area contributed by atoms with Gasteiger partial charge in [-0.2, -0.15) is 5.10 Å². The Kier molecular flexibility index (Phi) is 6.50. The highest BCUT2D eigenvalue weighted by Crippen LogP contribution is 2.27. The molecule has 6 heteroatoms. The Bertz CT molecular complexity index is 1520. The van der Waals surface area contributed by atoms with E-state index in [1.54, 1.807) is 24.4 Å². The molecule has 0 radical (unpaired) electrons. The molecule has 170 valence electrons. The molecule has 0 spiro atoms. The van der Waals surface area contributed by atoms with Crippen LogP contribution in [0.1, 0.15) is 35.0 Å². The first kappa shape index (κ1) is 22.9. The molecule has 0 unspecified atom stereocenters. The van der Waals surface area contributed by atoms with Gasteiger partial charge in [-0.05, 0) is 67.3 Å². The number of aryl methyl sites for hydroxylation is 2. The first-order chi connectivity index (χ1) is 16.4. The fraction of sp³-hybridized carbons (Fsp3) is 0.107. The van der Waals surface area contributed by atoms with Gasteiger partial charge in [0.05, 0.1) is 11.0 Å². The van der Waals surface area contributed by atoms with E-state index < -0.39 is 0 Å². The van der Waals surface area contributed by atoms with E-state index in [1.165, 1.54) is 12.1 Å². The molecule has 3 heterocycles. The van der Waals surface area contributed by atoms with Crippen LogP contribution in [0, 0.1) is 19.7 Å². The minimum atomic E-state index is -0.287. The molecule has 0 aliphatic rings. The normalized spacial score (nSPS) is 12.9. The molecule has 3 aromatic heterocycles. The van der Waals surface area contributed by atoms with Crippen LogP contribution in [0.15, 0.2) is 68.0 Å². The summed E-state index contributed by atoms with van der Waals surface area (Å²) in [4.78, 5) is 12.5. The van der Waals surface area contributed by atoms with E-state index in [0.717, 1.165) is 49.8 Å². The SMILES string of the molecule is C=C/C=C(/c1ccc(F)cc1)c1nc(-c2n[nH]c(=C/C)/c2=C\C(=C)c2cncc(C)c2)[nH]c1C. The summed E-state index contributed by atoms with van der Waals surface area (Å²) >= 11 is 0. The van der Waals surface area contributed by atoms with Crippen molar-refractivity contribution in [1.29, 1.82) is 0 Å². The zero-order valence-corrected chi connectivity index (χ0v) is 19.5. The van der Waals surface area contributed by atoms with Crippen LogP contribution < -0.4 is 10.6 Å². The lowest BCUT2D eigenvalue weighted by Gasteiger charge is -2.05. The molecule has 34 heavy (non-hydrogen) atoms. The third-order valence-electron chi connectivity index (χ3n) is 5.49. The number of aromatic nitrogens is 5. The predicted molar refractivity (Wildman–Crippen MR) is 136 cm³/mol. The second-order valence-electron chi connectivity index (χ2n) is 7.99. The van der Waals surface area contributed by atoms with Crippen molar-refractivity contribution in [2.75, 3.05) is 0 Å². The number of nitrogens with one attached hydrogen (secondary N) is 2. The van der Waals surface area contributed by atoms with Gasteiger partial charge in [0, 0.05) is 28.9 Å². The van der Waals surface area contributed by atoms with E-state index >= 15 is 0 Å². The van der Waals surface area contributed by atoms with Crippen molar-refractivity contribution in [2.24, 2.45) is 0 Å². The maximum Gasteiger partial charge on any atom is 0.159 e. The summed E-state index contributed by atoms with van der Waals surface area (Å²) < 4.78 is 13.5. The molecule has 2 N–H and O–H groups in total. The number of imidazole rings is 1. The molecule has 0 saturated carbocycles. The molecule has 0 atom stereocenters. The van der Waals surface area contributed by atoms with Crippen LogP contribution in [0.4, 0.5) is 4.39 Å². The monoisotopic (exact) mass is 451 g/mol. The van der Waals surface area contributed by atoms with Gasteiger partial charge in [0.1, 0.15) is 11.5 Å². The summed E-state index contributed by atoms with van der Waals surface area (Å²) in [7, 11) is 0. The Morgan fingerprint density at radius 3 is 2.53 bits per heavy atom. The number of hydrogen-bond donors (Lipinski definition) is 2. The Morgan fingerprint density at radius 1 is 1.09 bits per heavy atom. The average molecular weight is 452 g/mol. The summed E-state index contributed by atoms with van der Waals surface area (Å²) in [5, 5.41) is 9.37. The van der Waals surface area contributed by atoms with Gasteiger partial charge >= 0.3 is 0 Å². The Balaban J connectivity index is 1.83. The van der Waals surface area contributed by atoms with Gasteiger partial charge in [0.15, 0.2) is 5.82 Å². The van der Waals surface area contributed by atoms with E-state index in [0.29, 0.717) is 11.5 Å². The maximum atomic E-state index is 13.5. The van der Waals surface area contributed by atoms with E-state index in [1.807, 2.05) is 51.3 Å². The molecular formula is C28H26FN5. The summed E-state index contributed by atoms with van der Waals surface area (Å²) in [6.45, 7) is 14.0. The Hall–Kier alpha value is -4.32. The summed E-state index contributed by atoms with van der Waals surface area (Å²) in [6.07, 6.45) is 11.1. The number of aromatic amines is 2.